The van der Waals surface area contributed by atoms with Crippen LogP contribution in [0.1, 0.15) is 12.8 Å². The first kappa shape index (κ1) is 30.8. The first-order valence-corrected chi connectivity index (χ1v) is 8.72. The highest BCUT2D eigenvalue weighted by molar-refractivity contribution is 5.14. The molecule has 0 aliphatic carbocycles. The van der Waals surface area contributed by atoms with Crippen LogP contribution in [0.4, 0.5) is 70.2 Å². The van der Waals surface area contributed by atoms with Gasteiger partial charge in [0.1, 0.15) is 6.10 Å². The van der Waals surface area contributed by atoms with Gasteiger partial charge in [0.15, 0.2) is 0 Å². The Kier molecular flexibility index (Phi) is 8.45. The van der Waals surface area contributed by atoms with Gasteiger partial charge in [-0.05, 0) is 6.42 Å². The van der Waals surface area contributed by atoms with Crippen LogP contribution in [0.5, 0.6) is 0 Å². The van der Waals surface area contributed by atoms with Crippen LogP contribution in [0.25, 0.3) is 0 Å². The lowest BCUT2D eigenvalue weighted by Crippen LogP contribution is -2.73. The fourth-order valence-corrected chi connectivity index (χ4v) is 2.26. The van der Waals surface area contributed by atoms with Gasteiger partial charge in [-0.1, -0.05) is 0 Å². The lowest BCUT2D eigenvalue weighted by molar-refractivity contribution is -0.447. The average molecular weight is 546 g/mol. The summed E-state index contributed by atoms with van der Waals surface area (Å²) >= 11 is 0. The molecule has 1 aliphatic rings. The van der Waals surface area contributed by atoms with Gasteiger partial charge in [0.25, 0.3) is 0 Å². The molecular weight excluding hydrogens is 532 g/mol. The SMILES string of the molecule is OC(CCC(F)(F)C(F)(F)C(F)(F)C(F)(F)C(F)(F)C(F)(F)C(F)(F)C(F)F)COCC1CO1. The third-order valence-corrected chi connectivity index (χ3v) is 4.54. The van der Waals surface area contributed by atoms with E-state index >= 15 is 0 Å². The highest BCUT2D eigenvalue weighted by Gasteiger charge is 2.93. The van der Waals surface area contributed by atoms with Crippen molar-refractivity contribution < 1.29 is 84.8 Å². The van der Waals surface area contributed by atoms with E-state index in [9.17, 15) is 75.4 Å². The topological polar surface area (TPSA) is 42.0 Å². The van der Waals surface area contributed by atoms with Crippen LogP contribution in [0.2, 0.25) is 0 Å². The van der Waals surface area contributed by atoms with E-state index in [1.165, 1.54) is 0 Å². The molecule has 0 radical (unpaired) electrons. The van der Waals surface area contributed by atoms with Gasteiger partial charge >= 0.3 is 47.9 Å². The Morgan fingerprint density at radius 2 is 1.15 bits per heavy atom. The minimum atomic E-state index is -8.42. The highest BCUT2D eigenvalue weighted by Crippen LogP contribution is 2.63. The summed E-state index contributed by atoms with van der Waals surface area (Å²) in [7, 11) is 0. The Balaban J connectivity index is 3.15. The van der Waals surface area contributed by atoms with Crippen LogP contribution in [0, 0.1) is 0 Å². The van der Waals surface area contributed by atoms with Crippen LogP contribution in [0.15, 0.2) is 0 Å². The molecule has 0 spiro atoms. The number of alkyl halides is 16. The molecule has 0 aromatic heterocycles. The summed E-state index contributed by atoms with van der Waals surface area (Å²) < 4.78 is 220. The van der Waals surface area contributed by atoms with E-state index in [0.29, 0.717) is 0 Å². The first-order chi connectivity index (χ1) is 14.9. The second-order valence-corrected chi connectivity index (χ2v) is 7.19. The van der Waals surface area contributed by atoms with Gasteiger partial charge in [-0.25, -0.2) is 8.78 Å². The normalized spacial score (nSPS) is 20.1. The molecule has 1 saturated heterocycles. The monoisotopic (exact) mass is 546 g/mol. The van der Waals surface area contributed by atoms with Crippen LogP contribution >= 0.6 is 0 Å². The van der Waals surface area contributed by atoms with Gasteiger partial charge in [0, 0.05) is 6.42 Å². The second-order valence-electron chi connectivity index (χ2n) is 7.19. The zero-order valence-corrected chi connectivity index (χ0v) is 16.1. The molecular formula is C15H14F16O3. The van der Waals surface area contributed by atoms with Crippen molar-refractivity contribution in [3.05, 3.63) is 0 Å². The van der Waals surface area contributed by atoms with Gasteiger partial charge in [-0.3, -0.25) is 0 Å². The van der Waals surface area contributed by atoms with Crippen LogP contribution in [0.3, 0.4) is 0 Å². The Hall–Kier alpha value is -1.24. The fourth-order valence-electron chi connectivity index (χ4n) is 2.26. The van der Waals surface area contributed by atoms with Crippen molar-refractivity contribution >= 4 is 0 Å². The maximum Gasteiger partial charge on any atom is 0.384 e. The molecule has 1 heterocycles. The van der Waals surface area contributed by atoms with Gasteiger partial charge in [0.2, 0.25) is 0 Å². The minimum Gasteiger partial charge on any atom is -0.391 e. The molecule has 1 rings (SSSR count). The van der Waals surface area contributed by atoms with Crippen molar-refractivity contribution in [3.8, 4) is 0 Å². The Morgan fingerprint density at radius 3 is 1.56 bits per heavy atom. The van der Waals surface area contributed by atoms with E-state index in [-0.39, 0.29) is 13.2 Å². The van der Waals surface area contributed by atoms with E-state index < -0.39 is 79.5 Å². The van der Waals surface area contributed by atoms with E-state index in [4.69, 9.17) is 0 Å². The summed E-state index contributed by atoms with van der Waals surface area (Å²) in [6.45, 7) is -0.891. The predicted molar refractivity (Wildman–Crippen MR) is 76.4 cm³/mol. The minimum absolute atomic E-state index is 0.219. The number of rotatable bonds is 14. The van der Waals surface area contributed by atoms with E-state index in [2.05, 4.69) is 9.47 Å². The number of aliphatic hydroxyl groups is 1. The number of aliphatic hydroxyl groups excluding tert-OH is 1. The Labute approximate surface area is 179 Å². The van der Waals surface area contributed by atoms with Gasteiger partial charge in [-0.2, -0.15) is 61.5 Å². The van der Waals surface area contributed by atoms with Crippen LogP contribution in [-0.4, -0.2) is 85.0 Å². The molecule has 34 heavy (non-hydrogen) atoms. The molecule has 2 atom stereocenters. The van der Waals surface area contributed by atoms with Crippen molar-refractivity contribution in [2.45, 2.75) is 72.9 Å². The number of hydrogen-bond acceptors (Lipinski definition) is 3. The van der Waals surface area contributed by atoms with Gasteiger partial charge in [0.05, 0.1) is 25.9 Å². The van der Waals surface area contributed by atoms with Crippen molar-refractivity contribution in [2.75, 3.05) is 19.8 Å². The van der Waals surface area contributed by atoms with Crippen LogP contribution < -0.4 is 0 Å². The molecule has 19 heteroatoms. The first-order valence-electron chi connectivity index (χ1n) is 8.72. The molecule has 1 N–H and O–H groups in total. The van der Waals surface area contributed by atoms with Crippen molar-refractivity contribution in [1.29, 1.82) is 0 Å². The van der Waals surface area contributed by atoms with Crippen molar-refractivity contribution in [2.24, 2.45) is 0 Å². The molecule has 0 saturated carbocycles. The summed E-state index contributed by atoms with van der Waals surface area (Å²) in [5, 5.41) is 9.30. The standard InChI is InChI=1S/C15H14F16O3/c16-8(17)10(20,21)12(24,25)14(28,29)15(30,31)13(26,27)11(22,23)9(18,19)2-1-6(32)3-33-4-7-5-34-7/h6-8,32H,1-5H2. The maximum atomic E-state index is 13.7. The van der Waals surface area contributed by atoms with E-state index in [1.807, 2.05) is 0 Å². The summed E-state index contributed by atoms with van der Waals surface area (Å²) in [4.78, 5) is 0. The summed E-state index contributed by atoms with van der Waals surface area (Å²) in [5.74, 6) is -54.6. The van der Waals surface area contributed by atoms with E-state index in [1.54, 1.807) is 0 Å². The molecule has 0 amide bonds. The highest BCUT2D eigenvalue weighted by atomic mass is 19.4. The Bertz CT molecular complexity index is 691. The summed E-state index contributed by atoms with van der Waals surface area (Å²) in [5.41, 5.74) is 0. The molecule has 0 aromatic rings. The Morgan fingerprint density at radius 1 is 0.735 bits per heavy atom. The van der Waals surface area contributed by atoms with Crippen molar-refractivity contribution in [1.82, 2.24) is 0 Å². The number of epoxide rings is 1. The maximum absolute atomic E-state index is 13.7. The third-order valence-electron chi connectivity index (χ3n) is 4.54. The zero-order valence-electron chi connectivity index (χ0n) is 16.1. The molecule has 1 fully saturated rings. The molecule has 3 nitrogen and oxygen atoms in total. The molecule has 204 valence electrons. The third kappa shape index (κ3) is 5.01. The second kappa shape index (κ2) is 9.33. The summed E-state index contributed by atoms with van der Waals surface area (Å²) in [6, 6.07) is 0. The number of hydrogen-bond donors (Lipinski definition) is 1. The van der Waals surface area contributed by atoms with Gasteiger partial charge < -0.3 is 14.6 Å². The molecule has 1 aliphatic heterocycles. The average Bonchev–Trinajstić information content (AvgIpc) is 3.49. The largest absolute Gasteiger partial charge is 0.391 e. The lowest BCUT2D eigenvalue weighted by atomic mass is 9.88. The molecule has 0 bridgehead atoms. The van der Waals surface area contributed by atoms with Crippen LogP contribution in [-0.2, 0) is 9.47 Å². The quantitative estimate of drug-likeness (QED) is 0.239. The number of ether oxygens (including phenoxy) is 2. The fraction of sp³-hybridized carbons (Fsp3) is 1.00. The van der Waals surface area contributed by atoms with E-state index in [0.717, 1.165) is 0 Å². The summed E-state index contributed by atoms with van der Waals surface area (Å²) in [6.07, 6.45) is -12.7. The predicted octanol–water partition coefficient (Wildman–Crippen LogP) is 5.26. The lowest BCUT2D eigenvalue weighted by Gasteiger charge is -2.42. The smallest absolute Gasteiger partial charge is 0.384 e. The zero-order chi connectivity index (χ0) is 27.2. The molecule has 2 unspecified atom stereocenters. The van der Waals surface area contributed by atoms with Gasteiger partial charge in [-0.15, -0.1) is 0 Å². The number of halogens is 16. The van der Waals surface area contributed by atoms with Crippen molar-refractivity contribution in [3.63, 3.8) is 0 Å². The molecule has 0 aromatic carbocycles.